The molecule has 0 bridgehead atoms. The van der Waals surface area contributed by atoms with Crippen molar-refractivity contribution >= 4 is 35.2 Å². The zero-order valence-corrected chi connectivity index (χ0v) is 23.4. The number of benzene rings is 2. The molecular formula is C30H30ClF5N4O. The summed E-state index contributed by atoms with van der Waals surface area (Å²) in [4.78, 5) is 21.4. The van der Waals surface area contributed by atoms with Gasteiger partial charge in [-0.2, -0.15) is 13.2 Å². The van der Waals surface area contributed by atoms with Crippen molar-refractivity contribution in [3.63, 3.8) is 0 Å². The molecule has 4 aromatic rings. The summed E-state index contributed by atoms with van der Waals surface area (Å²) < 4.78 is 69.1. The molecule has 3 heterocycles. The average Bonchev–Trinajstić information content (AvgIpc) is 3.29. The van der Waals surface area contributed by atoms with Crippen LogP contribution in [0.25, 0.3) is 5.65 Å². The minimum atomic E-state index is -4.38. The fourth-order valence-electron chi connectivity index (χ4n) is 5.35. The van der Waals surface area contributed by atoms with Crippen LogP contribution in [0.4, 0.5) is 33.3 Å². The van der Waals surface area contributed by atoms with Crippen LogP contribution in [0.3, 0.4) is 0 Å². The van der Waals surface area contributed by atoms with Gasteiger partial charge in [-0.15, -0.1) is 12.4 Å². The van der Waals surface area contributed by atoms with Gasteiger partial charge in [0.1, 0.15) is 23.0 Å². The molecule has 0 amide bonds. The molecule has 2 aromatic heterocycles. The van der Waals surface area contributed by atoms with E-state index >= 15 is 4.39 Å². The second-order valence-electron chi connectivity index (χ2n) is 10.1. The standard InChI is InChI=1S/C30H29F5N4O.ClH/c1-3-25-29(39-13-12-22(31)17-28(39)36-25)27(40)11-5-20-4-10-26(24(32)16-20)37-14-15-38(19(2)18-37)23-8-6-21(7-9-23)30(33,34)35;/h4,6-10,12-13,16-17,19H,3,5,11,14-15,18H2,1-2H3;1H/t19-;/m0./s1. The lowest BCUT2D eigenvalue weighted by Gasteiger charge is -2.42. The molecule has 1 saturated heterocycles. The average molecular weight is 593 g/mol. The number of alkyl halides is 3. The number of halogens is 6. The van der Waals surface area contributed by atoms with E-state index in [1.165, 1.54) is 36.5 Å². The number of imidazole rings is 1. The zero-order chi connectivity index (χ0) is 28.6. The molecule has 0 spiro atoms. The van der Waals surface area contributed by atoms with E-state index in [9.17, 15) is 22.4 Å². The number of carbonyl (C=O) groups is 1. The monoisotopic (exact) mass is 592 g/mol. The number of carbonyl (C=O) groups excluding carboxylic acids is 1. The maximum Gasteiger partial charge on any atom is 0.416 e. The number of ketones is 1. The van der Waals surface area contributed by atoms with E-state index < -0.39 is 17.6 Å². The molecule has 0 aliphatic carbocycles. The fraction of sp³-hybridized carbons (Fsp3) is 0.333. The van der Waals surface area contributed by atoms with Crippen LogP contribution < -0.4 is 9.80 Å². The third-order valence-electron chi connectivity index (χ3n) is 7.41. The number of fused-ring (bicyclic) bond motifs is 1. The van der Waals surface area contributed by atoms with Crippen LogP contribution in [-0.2, 0) is 19.0 Å². The number of hydrogen-bond acceptors (Lipinski definition) is 4. The van der Waals surface area contributed by atoms with Gasteiger partial charge in [0, 0.05) is 50.0 Å². The Balaban J connectivity index is 0.00000387. The zero-order valence-electron chi connectivity index (χ0n) is 22.6. The van der Waals surface area contributed by atoms with Crippen LogP contribution in [0.1, 0.15) is 47.6 Å². The number of rotatable bonds is 7. The Morgan fingerprint density at radius 1 is 1.02 bits per heavy atom. The van der Waals surface area contributed by atoms with E-state index in [4.69, 9.17) is 0 Å². The molecule has 1 fully saturated rings. The molecule has 1 atom stereocenters. The van der Waals surface area contributed by atoms with Crippen LogP contribution in [0.5, 0.6) is 0 Å². The molecule has 41 heavy (non-hydrogen) atoms. The summed E-state index contributed by atoms with van der Waals surface area (Å²) in [7, 11) is 0. The second kappa shape index (κ2) is 12.1. The minimum Gasteiger partial charge on any atom is -0.365 e. The highest BCUT2D eigenvalue weighted by Crippen LogP contribution is 2.32. The van der Waals surface area contributed by atoms with E-state index in [0.29, 0.717) is 66.4 Å². The first-order valence-electron chi connectivity index (χ1n) is 13.2. The predicted molar refractivity (Wildman–Crippen MR) is 151 cm³/mol. The Kier molecular flexibility index (Phi) is 8.91. The molecule has 0 N–H and O–H groups in total. The van der Waals surface area contributed by atoms with Crippen molar-refractivity contribution in [2.45, 2.75) is 45.3 Å². The number of anilines is 2. The number of piperazine rings is 1. The van der Waals surface area contributed by atoms with Gasteiger partial charge in [-0.3, -0.25) is 9.20 Å². The van der Waals surface area contributed by atoms with E-state index in [-0.39, 0.29) is 36.5 Å². The van der Waals surface area contributed by atoms with Gasteiger partial charge in [0.2, 0.25) is 0 Å². The Morgan fingerprint density at radius 3 is 2.39 bits per heavy atom. The highest BCUT2D eigenvalue weighted by molar-refractivity contribution is 5.96. The van der Waals surface area contributed by atoms with Crippen molar-refractivity contribution in [3.05, 3.63) is 94.9 Å². The van der Waals surface area contributed by atoms with Crippen LogP contribution >= 0.6 is 12.4 Å². The lowest BCUT2D eigenvalue weighted by atomic mass is 10.0. The summed E-state index contributed by atoms with van der Waals surface area (Å²) in [5.41, 5.74) is 2.54. The number of aryl methyl sites for hydroxylation is 2. The lowest BCUT2D eigenvalue weighted by molar-refractivity contribution is -0.137. The maximum atomic E-state index is 15.2. The summed E-state index contributed by atoms with van der Waals surface area (Å²) >= 11 is 0. The molecule has 0 saturated carbocycles. The number of nitrogens with zero attached hydrogens (tertiary/aromatic N) is 4. The molecule has 218 valence electrons. The molecule has 2 aromatic carbocycles. The van der Waals surface area contributed by atoms with Crippen LogP contribution in [0, 0.1) is 11.6 Å². The van der Waals surface area contributed by atoms with Gasteiger partial charge < -0.3 is 9.80 Å². The molecule has 1 aliphatic heterocycles. The number of hydrogen-bond donors (Lipinski definition) is 0. The van der Waals surface area contributed by atoms with Crippen molar-refractivity contribution in [3.8, 4) is 0 Å². The van der Waals surface area contributed by atoms with Crippen LogP contribution in [0.2, 0.25) is 0 Å². The van der Waals surface area contributed by atoms with E-state index in [2.05, 4.69) is 4.98 Å². The van der Waals surface area contributed by atoms with E-state index in [0.717, 1.165) is 12.1 Å². The van der Waals surface area contributed by atoms with Crippen molar-refractivity contribution < 1.29 is 26.7 Å². The Morgan fingerprint density at radius 2 is 1.76 bits per heavy atom. The first-order chi connectivity index (χ1) is 19.0. The summed E-state index contributed by atoms with van der Waals surface area (Å²) in [5.74, 6) is -0.960. The van der Waals surface area contributed by atoms with E-state index in [1.807, 2.05) is 29.7 Å². The van der Waals surface area contributed by atoms with Gasteiger partial charge >= 0.3 is 6.18 Å². The largest absolute Gasteiger partial charge is 0.416 e. The van der Waals surface area contributed by atoms with Gasteiger partial charge in [0.05, 0.1) is 16.9 Å². The number of pyridine rings is 1. The Hall–Kier alpha value is -3.66. The highest BCUT2D eigenvalue weighted by atomic mass is 35.5. The van der Waals surface area contributed by atoms with Crippen molar-refractivity contribution in [2.24, 2.45) is 0 Å². The molecule has 1 aliphatic rings. The van der Waals surface area contributed by atoms with Crippen LogP contribution in [0.15, 0.2) is 60.8 Å². The lowest BCUT2D eigenvalue weighted by Crippen LogP contribution is -2.52. The van der Waals surface area contributed by atoms with Gasteiger partial charge in [0.15, 0.2) is 5.78 Å². The quantitative estimate of drug-likeness (QED) is 0.169. The number of Topliss-reactive ketones (excluding diaryl/α,β-unsaturated/α-hetero) is 1. The maximum absolute atomic E-state index is 15.2. The van der Waals surface area contributed by atoms with Crippen molar-refractivity contribution in [1.82, 2.24) is 9.38 Å². The first-order valence-corrected chi connectivity index (χ1v) is 13.2. The summed E-state index contributed by atoms with van der Waals surface area (Å²) in [6.45, 7) is 5.39. The van der Waals surface area contributed by atoms with E-state index in [1.54, 1.807) is 10.5 Å². The molecule has 0 unspecified atom stereocenters. The number of aromatic nitrogens is 2. The smallest absolute Gasteiger partial charge is 0.365 e. The predicted octanol–water partition coefficient (Wildman–Crippen LogP) is 7.15. The second-order valence-corrected chi connectivity index (χ2v) is 10.1. The molecular weight excluding hydrogens is 563 g/mol. The minimum absolute atomic E-state index is 0. The molecule has 5 rings (SSSR count). The molecule has 0 radical (unpaired) electrons. The van der Waals surface area contributed by atoms with Gasteiger partial charge in [-0.25, -0.2) is 13.8 Å². The molecule has 5 nitrogen and oxygen atoms in total. The highest BCUT2D eigenvalue weighted by Gasteiger charge is 2.31. The van der Waals surface area contributed by atoms with Crippen LogP contribution in [-0.4, -0.2) is 40.8 Å². The van der Waals surface area contributed by atoms with Gasteiger partial charge in [-0.05, 0) is 67.8 Å². The van der Waals surface area contributed by atoms with Crippen molar-refractivity contribution in [1.29, 1.82) is 0 Å². The fourth-order valence-corrected chi connectivity index (χ4v) is 5.35. The summed E-state index contributed by atoms with van der Waals surface area (Å²) in [5, 5.41) is 0. The normalized spacial score (nSPS) is 15.7. The van der Waals surface area contributed by atoms with Gasteiger partial charge in [0.25, 0.3) is 0 Å². The molecule has 11 heteroatoms. The Bertz CT molecular complexity index is 1540. The third kappa shape index (κ3) is 6.32. The summed E-state index contributed by atoms with van der Waals surface area (Å²) in [6, 6.07) is 12.6. The third-order valence-corrected chi connectivity index (χ3v) is 7.41. The van der Waals surface area contributed by atoms with Gasteiger partial charge in [-0.1, -0.05) is 13.0 Å². The summed E-state index contributed by atoms with van der Waals surface area (Å²) in [6.07, 6.45) is -1.87. The topological polar surface area (TPSA) is 40.9 Å². The SMILES string of the molecule is CCc1nc2cc(F)ccn2c1C(=O)CCc1ccc(N2CCN(c3ccc(C(F)(F)F)cc3)[C@@H](C)C2)c(F)c1.Cl. The Labute approximate surface area is 241 Å². The first kappa shape index (κ1) is 30.3. The van der Waals surface area contributed by atoms with Crippen molar-refractivity contribution in [2.75, 3.05) is 29.4 Å².